The second-order valence-electron chi connectivity index (χ2n) is 5.15. The van der Waals surface area contributed by atoms with E-state index in [1.54, 1.807) is 6.08 Å². The predicted molar refractivity (Wildman–Crippen MR) is 93.9 cm³/mol. The number of aliphatic imine (C=N–C) groups is 1. The molecule has 2 aromatic rings. The van der Waals surface area contributed by atoms with E-state index in [4.69, 9.17) is 4.55 Å². The smallest absolute Gasteiger partial charge is 0.288 e. The van der Waals surface area contributed by atoms with Gasteiger partial charge in [0, 0.05) is 12.6 Å². The van der Waals surface area contributed by atoms with E-state index < -0.39 is 10.1 Å². The Bertz CT molecular complexity index is 913. The summed E-state index contributed by atoms with van der Waals surface area (Å²) in [5.41, 5.74) is 2.61. The Kier molecular flexibility index (Phi) is 5.43. The zero-order valence-electron chi connectivity index (χ0n) is 13.3. The van der Waals surface area contributed by atoms with Gasteiger partial charge in [-0.05, 0) is 30.7 Å². The Balaban J connectivity index is 0.000000249. The monoisotopic (exact) mass is 343 g/mol. The largest absolute Gasteiger partial charge is 0.294 e. The lowest BCUT2D eigenvalue weighted by atomic mass is 9.95. The zero-order chi connectivity index (χ0) is 17.7. The molecule has 5 nitrogen and oxygen atoms in total. The summed E-state index contributed by atoms with van der Waals surface area (Å²) >= 11 is 0. The van der Waals surface area contributed by atoms with Gasteiger partial charge in [-0.3, -0.25) is 14.3 Å². The Hall–Kier alpha value is -2.57. The third kappa shape index (κ3) is 4.24. The maximum atomic E-state index is 11.5. The van der Waals surface area contributed by atoms with Crippen molar-refractivity contribution in [3.63, 3.8) is 0 Å². The first-order valence-electron chi connectivity index (χ1n) is 7.15. The molecule has 0 amide bonds. The summed E-state index contributed by atoms with van der Waals surface area (Å²) in [6.45, 7) is 2.08. The maximum Gasteiger partial charge on any atom is 0.294 e. The molecule has 0 bridgehead atoms. The van der Waals surface area contributed by atoms with Gasteiger partial charge in [0.2, 0.25) is 5.78 Å². The van der Waals surface area contributed by atoms with Crippen molar-refractivity contribution in [2.75, 3.05) is 7.05 Å². The molecule has 1 aliphatic carbocycles. The van der Waals surface area contributed by atoms with Gasteiger partial charge in [-0.1, -0.05) is 48.0 Å². The molecule has 6 heteroatoms. The van der Waals surface area contributed by atoms with Crippen LogP contribution in [0, 0.1) is 6.92 Å². The number of ketones is 1. The number of aryl methyl sites for hydroxylation is 1. The number of hydrogen-bond acceptors (Lipinski definition) is 4. The summed E-state index contributed by atoms with van der Waals surface area (Å²) in [7, 11) is -2.82. The molecule has 3 rings (SSSR count). The highest BCUT2D eigenvalue weighted by atomic mass is 32.2. The van der Waals surface area contributed by atoms with Gasteiger partial charge in [-0.25, -0.2) is 0 Å². The Labute approximate surface area is 141 Å². The molecule has 1 aliphatic rings. The summed E-state index contributed by atoms with van der Waals surface area (Å²) in [5.74, 6) is -0.285. The minimum absolute atomic E-state index is 0.188. The van der Waals surface area contributed by atoms with E-state index in [9.17, 15) is 13.2 Å². The molecule has 0 unspecified atom stereocenters. The molecular weight excluding hydrogens is 326 g/mol. The van der Waals surface area contributed by atoms with Crippen molar-refractivity contribution < 1.29 is 17.8 Å². The normalized spacial score (nSPS) is 14.8. The minimum Gasteiger partial charge on any atom is -0.288 e. The van der Waals surface area contributed by atoms with Crippen LogP contribution in [0.4, 0.5) is 0 Å². The van der Waals surface area contributed by atoms with Crippen LogP contribution in [0.5, 0.6) is 0 Å². The molecular formula is C18H17NO4S. The molecule has 0 aliphatic heterocycles. The molecule has 0 atom stereocenters. The molecule has 0 radical (unpaired) electrons. The van der Waals surface area contributed by atoms with Gasteiger partial charge in [-0.2, -0.15) is 8.42 Å². The summed E-state index contributed by atoms with van der Waals surface area (Å²) in [6.07, 6.45) is 2.96. The maximum absolute atomic E-state index is 11.5. The van der Waals surface area contributed by atoms with Crippen LogP contribution < -0.4 is 0 Å². The standard InChI is InChI=1S/C11H9NO4S.C7H8/c1-12-11-9-6-8(17(14,15)16)4-2-7(9)3-5-10(11)13;1-7-5-3-2-4-6-7/h2-6H,1H3,(H,14,15,16);2-6H,1H3. The number of carbonyl (C=O) groups is 1. The predicted octanol–water partition coefficient (Wildman–Crippen LogP) is 2.94. The highest BCUT2D eigenvalue weighted by molar-refractivity contribution is 7.85. The second-order valence-corrected chi connectivity index (χ2v) is 6.57. The number of benzene rings is 2. The van der Waals surface area contributed by atoms with Crippen LogP contribution in [0.3, 0.4) is 0 Å². The minimum atomic E-state index is -4.28. The average molecular weight is 343 g/mol. The molecule has 24 heavy (non-hydrogen) atoms. The van der Waals surface area contributed by atoms with E-state index in [2.05, 4.69) is 24.0 Å². The topological polar surface area (TPSA) is 83.8 Å². The van der Waals surface area contributed by atoms with E-state index in [0.717, 1.165) is 0 Å². The first kappa shape index (κ1) is 17.8. The lowest BCUT2D eigenvalue weighted by molar-refractivity contribution is -0.108. The third-order valence-electron chi connectivity index (χ3n) is 3.39. The Morgan fingerprint density at radius 1 is 1.00 bits per heavy atom. The fraction of sp³-hybridized carbons (Fsp3) is 0.111. The first-order valence-corrected chi connectivity index (χ1v) is 8.59. The lowest BCUT2D eigenvalue weighted by Gasteiger charge is -2.12. The molecule has 1 N–H and O–H groups in total. The number of fused-ring (bicyclic) bond motifs is 1. The number of nitrogens with zero attached hydrogens (tertiary/aromatic N) is 1. The van der Waals surface area contributed by atoms with Crippen LogP contribution in [0.25, 0.3) is 6.08 Å². The van der Waals surface area contributed by atoms with Gasteiger partial charge in [-0.15, -0.1) is 0 Å². The quantitative estimate of drug-likeness (QED) is 0.807. The number of carbonyl (C=O) groups excluding carboxylic acids is 1. The van der Waals surface area contributed by atoms with Crippen molar-refractivity contribution >= 4 is 27.7 Å². The Morgan fingerprint density at radius 3 is 2.17 bits per heavy atom. The van der Waals surface area contributed by atoms with E-state index in [1.165, 1.54) is 36.9 Å². The van der Waals surface area contributed by atoms with Crippen molar-refractivity contribution in [3.8, 4) is 0 Å². The van der Waals surface area contributed by atoms with Crippen molar-refractivity contribution in [2.24, 2.45) is 4.99 Å². The lowest BCUT2D eigenvalue weighted by Crippen LogP contribution is -2.18. The van der Waals surface area contributed by atoms with Crippen LogP contribution >= 0.6 is 0 Å². The summed E-state index contributed by atoms with van der Waals surface area (Å²) < 4.78 is 31.0. The van der Waals surface area contributed by atoms with Gasteiger partial charge in [0.05, 0.1) is 4.90 Å². The third-order valence-corrected chi connectivity index (χ3v) is 4.24. The molecule has 124 valence electrons. The molecule has 0 saturated heterocycles. The second kappa shape index (κ2) is 7.33. The average Bonchev–Trinajstić information content (AvgIpc) is 2.55. The fourth-order valence-electron chi connectivity index (χ4n) is 2.19. The molecule has 0 saturated carbocycles. The number of rotatable bonds is 1. The van der Waals surface area contributed by atoms with E-state index >= 15 is 0 Å². The zero-order valence-corrected chi connectivity index (χ0v) is 14.1. The molecule has 0 aromatic heterocycles. The van der Waals surface area contributed by atoms with E-state index in [-0.39, 0.29) is 16.4 Å². The summed E-state index contributed by atoms with van der Waals surface area (Å²) in [4.78, 5) is 15.1. The van der Waals surface area contributed by atoms with Gasteiger partial charge in [0.25, 0.3) is 10.1 Å². The number of allylic oxidation sites excluding steroid dienone is 1. The van der Waals surface area contributed by atoms with Crippen molar-refractivity contribution in [1.29, 1.82) is 0 Å². The molecule has 0 fully saturated rings. The number of hydrogen-bond donors (Lipinski definition) is 1. The molecule has 0 spiro atoms. The fourth-order valence-corrected chi connectivity index (χ4v) is 2.70. The van der Waals surface area contributed by atoms with Crippen LogP contribution in [-0.4, -0.2) is 31.5 Å². The molecule has 2 aromatic carbocycles. The first-order chi connectivity index (χ1) is 11.3. The van der Waals surface area contributed by atoms with Crippen LogP contribution in [-0.2, 0) is 14.9 Å². The van der Waals surface area contributed by atoms with Crippen molar-refractivity contribution in [3.05, 3.63) is 71.3 Å². The van der Waals surface area contributed by atoms with Crippen LogP contribution in [0.2, 0.25) is 0 Å². The van der Waals surface area contributed by atoms with Gasteiger partial charge >= 0.3 is 0 Å². The van der Waals surface area contributed by atoms with Crippen LogP contribution in [0.15, 0.2) is 64.5 Å². The van der Waals surface area contributed by atoms with E-state index in [1.807, 2.05) is 18.2 Å². The summed E-state index contributed by atoms with van der Waals surface area (Å²) in [5, 5.41) is 0. The van der Waals surface area contributed by atoms with Crippen molar-refractivity contribution in [1.82, 2.24) is 0 Å². The van der Waals surface area contributed by atoms with Gasteiger partial charge in [0.15, 0.2) is 0 Å². The van der Waals surface area contributed by atoms with Gasteiger partial charge < -0.3 is 0 Å². The van der Waals surface area contributed by atoms with Crippen molar-refractivity contribution in [2.45, 2.75) is 11.8 Å². The van der Waals surface area contributed by atoms with Gasteiger partial charge in [0.1, 0.15) is 5.71 Å². The highest BCUT2D eigenvalue weighted by Crippen LogP contribution is 2.21. The summed E-state index contributed by atoms with van der Waals surface area (Å²) in [6, 6.07) is 14.3. The Morgan fingerprint density at radius 2 is 1.67 bits per heavy atom. The van der Waals surface area contributed by atoms with Crippen LogP contribution in [0.1, 0.15) is 16.7 Å². The molecule has 0 heterocycles. The van der Waals surface area contributed by atoms with E-state index in [0.29, 0.717) is 11.1 Å². The highest BCUT2D eigenvalue weighted by Gasteiger charge is 2.21. The SMILES string of the molecule is CN=C1C(=O)C=Cc2ccc(S(=O)(=O)O)cc21.Cc1ccccc1.